The molecule has 1 aromatic carbocycles. The van der Waals surface area contributed by atoms with Gasteiger partial charge in [0, 0.05) is 11.5 Å². The first-order valence-corrected chi connectivity index (χ1v) is 7.90. The molecule has 0 spiro atoms. The molecule has 2 rings (SSSR count). The summed E-state index contributed by atoms with van der Waals surface area (Å²) in [6.45, 7) is 4.31. The van der Waals surface area contributed by atoms with Crippen LogP contribution < -0.4 is 0 Å². The van der Waals surface area contributed by atoms with E-state index < -0.39 is 0 Å². The minimum Gasteiger partial charge on any atom is -0.294 e. The van der Waals surface area contributed by atoms with Gasteiger partial charge in [-0.25, -0.2) is 0 Å². The molecule has 0 aromatic heterocycles. The molecule has 1 nitrogen and oxygen atoms in total. The van der Waals surface area contributed by atoms with E-state index in [1.807, 2.05) is 12.1 Å². The summed E-state index contributed by atoms with van der Waals surface area (Å²) in [7, 11) is 0. The molecule has 0 heterocycles. The van der Waals surface area contributed by atoms with Gasteiger partial charge < -0.3 is 0 Å². The van der Waals surface area contributed by atoms with Gasteiger partial charge in [-0.15, -0.1) is 0 Å². The Balaban J connectivity index is 2.01. The van der Waals surface area contributed by atoms with E-state index >= 15 is 0 Å². The Kier molecular flexibility index (Phi) is 5.18. The third-order valence-corrected chi connectivity index (χ3v) is 4.54. The fraction of sp³-hybridized carbons (Fsp3) is 0.611. The minimum atomic E-state index is 0.217. The Labute approximate surface area is 117 Å². The molecule has 19 heavy (non-hydrogen) atoms. The van der Waals surface area contributed by atoms with Crippen molar-refractivity contribution in [2.24, 2.45) is 5.92 Å². The number of carbonyl (C=O) groups excluding carboxylic acids is 1. The Morgan fingerprint density at radius 1 is 1.21 bits per heavy atom. The highest BCUT2D eigenvalue weighted by molar-refractivity contribution is 5.97. The van der Waals surface area contributed by atoms with Gasteiger partial charge in [0.25, 0.3) is 0 Å². The van der Waals surface area contributed by atoms with Crippen molar-refractivity contribution in [1.82, 2.24) is 0 Å². The van der Waals surface area contributed by atoms with Gasteiger partial charge in [-0.05, 0) is 37.2 Å². The molecule has 1 aromatic rings. The van der Waals surface area contributed by atoms with Crippen LogP contribution in [0.1, 0.15) is 80.6 Å². The van der Waals surface area contributed by atoms with E-state index in [9.17, 15) is 4.79 Å². The molecule has 1 aliphatic rings. The van der Waals surface area contributed by atoms with Gasteiger partial charge in [-0.3, -0.25) is 4.79 Å². The maximum Gasteiger partial charge on any atom is 0.165 e. The molecule has 1 saturated carbocycles. The molecule has 1 fully saturated rings. The Morgan fingerprint density at radius 3 is 2.37 bits per heavy atom. The van der Waals surface area contributed by atoms with Crippen LogP contribution in [-0.4, -0.2) is 5.78 Å². The van der Waals surface area contributed by atoms with Crippen LogP contribution in [-0.2, 0) is 0 Å². The molecule has 0 radical (unpaired) electrons. The highest BCUT2D eigenvalue weighted by atomic mass is 16.1. The van der Waals surface area contributed by atoms with E-state index in [-0.39, 0.29) is 5.92 Å². The average molecular weight is 258 g/mol. The van der Waals surface area contributed by atoms with Crippen molar-refractivity contribution in [1.29, 1.82) is 0 Å². The minimum absolute atomic E-state index is 0.217. The number of carbonyl (C=O) groups is 1. The van der Waals surface area contributed by atoms with Crippen molar-refractivity contribution in [3.63, 3.8) is 0 Å². The Morgan fingerprint density at radius 2 is 1.89 bits per heavy atom. The second-order valence-corrected chi connectivity index (χ2v) is 5.86. The van der Waals surface area contributed by atoms with Gasteiger partial charge in [0.1, 0.15) is 0 Å². The lowest BCUT2D eigenvalue weighted by atomic mass is 9.79. The highest BCUT2D eigenvalue weighted by Crippen LogP contribution is 2.36. The zero-order valence-electron chi connectivity index (χ0n) is 12.3. The zero-order valence-corrected chi connectivity index (χ0v) is 12.3. The summed E-state index contributed by atoms with van der Waals surface area (Å²) in [6, 6.07) is 8.43. The van der Waals surface area contributed by atoms with Gasteiger partial charge in [-0.2, -0.15) is 0 Å². The normalized spacial score (nSPS) is 16.9. The second kappa shape index (κ2) is 6.88. The van der Waals surface area contributed by atoms with Crippen molar-refractivity contribution in [2.75, 3.05) is 0 Å². The molecule has 1 heteroatoms. The van der Waals surface area contributed by atoms with E-state index in [0.717, 1.165) is 30.7 Å². The van der Waals surface area contributed by atoms with Crippen molar-refractivity contribution in [2.45, 2.75) is 64.7 Å². The summed E-state index contributed by atoms with van der Waals surface area (Å²) in [5.74, 6) is 1.32. The van der Waals surface area contributed by atoms with Gasteiger partial charge in [0.2, 0.25) is 0 Å². The first kappa shape index (κ1) is 14.3. The van der Waals surface area contributed by atoms with Gasteiger partial charge in [0.15, 0.2) is 5.78 Å². The maximum absolute atomic E-state index is 12.4. The smallest absolute Gasteiger partial charge is 0.165 e. The van der Waals surface area contributed by atoms with E-state index in [0.29, 0.717) is 5.78 Å². The molecule has 0 saturated heterocycles. The number of benzene rings is 1. The predicted octanol–water partition coefficient (Wildman–Crippen LogP) is 5.35. The molecule has 104 valence electrons. The summed E-state index contributed by atoms with van der Waals surface area (Å²) in [6.07, 6.45) is 8.33. The van der Waals surface area contributed by atoms with Crippen LogP contribution in [0.5, 0.6) is 0 Å². The van der Waals surface area contributed by atoms with Crippen molar-refractivity contribution in [3.8, 4) is 0 Å². The number of hydrogen-bond donors (Lipinski definition) is 0. The van der Waals surface area contributed by atoms with Crippen molar-refractivity contribution in [3.05, 3.63) is 35.4 Å². The van der Waals surface area contributed by atoms with Gasteiger partial charge >= 0.3 is 0 Å². The monoisotopic (exact) mass is 258 g/mol. The van der Waals surface area contributed by atoms with Crippen LogP contribution in [0.25, 0.3) is 0 Å². The third-order valence-electron chi connectivity index (χ3n) is 4.54. The molecule has 0 aliphatic heterocycles. The van der Waals surface area contributed by atoms with Crippen molar-refractivity contribution < 1.29 is 4.79 Å². The van der Waals surface area contributed by atoms with Gasteiger partial charge in [-0.1, -0.05) is 57.4 Å². The van der Waals surface area contributed by atoms with E-state index in [2.05, 4.69) is 26.0 Å². The topological polar surface area (TPSA) is 17.1 Å². The molecular formula is C18H26O. The van der Waals surface area contributed by atoms with Crippen LogP contribution in [0.15, 0.2) is 24.3 Å². The van der Waals surface area contributed by atoms with Crippen LogP contribution in [0, 0.1) is 5.92 Å². The van der Waals surface area contributed by atoms with Crippen molar-refractivity contribution >= 4 is 5.78 Å². The molecule has 0 amide bonds. The SMILES string of the molecule is CCCCC(CC)C(=O)c1ccc(C2CCC2)cc1. The molecule has 1 aliphatic carbocycles. The predicted molar refractivity (Wildman–Crippen MR) is 80.7 cm³/mol. The fourth-order valence-corrected chi connectivity index (χ4v) is 2.87. The second-order valence-electron chi connectivity index (χ2n) is 5.86. The maximum atomic E-state index is 12.4. The first-order valence-electron chi connectivity index (χ1n) is 7.90. The Hall–Kier alpha value is -1.11. The van der Waals surface area contributed by atoms with Crippen LogP contribution in [0.3, 0.4) is 0 Å². The number of hydrogen-bond acceptors (Lipinski definition) is 1. The summed E-state index contributed by atoms with van der Waals surface area (Å²) in [4.78, 5) is 12.4. The average Bonchev–Trinajstić information content (AvgIpc) is 2.38. The third kappa shape index (κ3) is 3.46. The quantitative estimate of drug-likeness (QED) is 0.602. The lowest BCUT2D eigenvalue weighted by Gasteiger charge is -2.25. The molecule has 0 bridgehead atoms. The highest BCUT2D eigenvalue weighted by Gasteiger charge is 2.21. The summed E-state index contributed by atoms with van der Waals surface area (Å²) in [5, 5.41) is 0. The molecular weight excluding hydrogens is 232 g/mol. The van der Waals surface area contributed by atoms with Crippen LogP contribution in [0.2, 0.25) is 0 Å². The van der Waals surface area contributed by atoms with E-state index in [1.54, 1.807) is 0 Å². The van der Waals surface area contributed by atoms with Gasteiger partial charge in [0.05, 0.1) is 0 Å². The standard InChI is InChI=1S/C18H26O/c1-3-5-7-14(4-2)18(19)17-12-10-16(11-13-17)15-8-6-9-15/h10-15H,3-9H2,1-2H3. The van der Waals surface area contributed by atoms with Crippen LogP contribution >= 0.6 is 0 Å². The fourth-order valence-electron chi connectivity index (χ4n) is 2.87. The van der Waals surface area contributed by atoms with E-state index in [1.165, 1.54) is 31.2 Å². The van der Waals surface area contributed by atoms with Crippen LogP contribution in [0.4, 0.5) is 0 Å². The Bertz CT molecular complexity index is 400. The lowest BCUT2D eigenvalue weighted by molar-refractivity contribution is 0.0908. The van der Waals surface area contributed by atoms with E-state index in [4.69, 9.17) is 0 Å². The summed E-state index contributed by atoms with van der Waals surface area (Å²) in [5.41, 5.74) is 2.33. The largest absolute Gasteiger partial charge is 0.294 e. The molecule has 1 atom stereocenters. The number of unbranched alkanes of at least 4 members (excludes halogenated alkanes) is 1. The summed E-state index contributed by atoms with van der Waals surface area (Å²) < 4.78 is 0. The number of rotatable bonds is 7. The lowest BCUT2D eigenvalue weighted by Crippen LogP contribution is -2.14. The first-order chi connectivity index (χ1) is 9.26. The summed E-state index contributed by atoms with van der Waals surface area (Å²) >= 11 is 0. The zero-order chi connectivity index (χ0) is 13.7. The molecule has 1 unspecified atom stereocenters. The number of ketones is 1. The molecule has 0 N–H and O–H groups in total. The number of Topliss-reactive ketones (excluding diaryl/α,β-unsaturated/α-hetero) is 1.